The molecule has 2 aromatic heterocycles. The van der Waals surface area contributed by atoms with Crippen molar-refractivity contribution in [2.45, 2.75) is 19.8 Å². The second-order valence-corrected chi connectivity index (χ2v) is 7.96. The zero-order valence-electron chi connectivity index (χ0n) is 16.2. The van der Waals surface area contributed by atoms with Crippen molar-refractivity contribution in [2.75, 3.05) is 18.4 Å². The van der Waals surface area contributed by atoms with E-state index in [4.69, 9.17) is 4.98 Å². The van der Waals surface area contributed by atoms with Crippen molar-refractivity contribution in [1.82, 2.24) is 14.9 Å². The van der Waals surface area contributed by atoms with Crippen LogP contribution in [0.25, 0.3) is 22.0 Å². The van der Waals surface area contributed by atoms with Crippen molar-refractivity contribution >= 4 is 28.8 Å². The van der Waals surface area contributed by atoms with E-state index in [9.17, 15) is 9.59 Å². The molecule has 7 heteroatoms. The summed E-state index contributed by atoms with van der Waals surface area (Å²) < 4.78 is 0. The average molecular weight is 407 g/mol. The van der Waals surface area contributed by atoms with Gasteiger partial charge < -0.3 is 10.2 Å². The van der Waals surface area contributed by atoms with Crippen LogP contribution in [0.15, 0.2) is 54.0 Å². The molecule has 29 heavy (non-hydrogen) atoms. The van der Waals surface area contributed by atoms with Gasteiger partial charge in [-0.15, -0.1) is 11.3 Å². The molecule has 1 N–H and O–H groups in total. The van der Waals surface area contributed by atoms with Gasteiger partial charge in [-0.1, -0.05) is 18.2 Å². The van der Waals surface area contributed by atoms with Gasteiger partial charge in [-0.3, -0.25) is 14.6 Å². The van der Waals surface area contributed by atoms with Gasteiger partial charge in [0.25, 0.3) is 0 Å². The first-order chi connectivity index (χ1) is 14.1. The summed E-state index contributed by atoms with van der Waals surface area (Å²) in [4.78, 5) is 34.9. The number of thiazole rings is 1. The van der Waals surface area contributed by atoms with Crippen LogP contribution in [0.3, 0.4) is 0 Å². The SMILES string of the molecule is CC(=O)N1CCC(C(=O)Nc2cccc(-c3csc(-c4ccccn4)n3)c2)CC1. The van der Waals surface area contributed by atoms with Crippen molar-refractivity contribution < 1.29 is 9.59 Å². The summed E-state index contributed by atoms with van der Waals surface area (Å²) in [7, 11) is 0. The van der Waals surface area contributed by atoms with E-state index in [2.05, 4.69) is 10.3 Å². The van der Waals surface area contributed by atoms with Gasteiger partial charge in [-0.25, -0.2) is 4.98 Å². The third-order valence-electron chi connectivity index (χ3n) is 5.13. The molecule has 1 aliphatic rings. The quantitative estimate of drug-likeness (QED) is 0.709. The Morgan fingerprint density at radius 3 is 2.66 bits per heavy atom. The molecular weight excluding hydrogens is 384 g/mol. The van der Waals surface area contributed by atoms with E-state index < -0.39 is 0 Å². The largest absolute Gasteiger partial charge is 0.343 e. The van der Waals surface area contributed by atoms with Crippen LogP contribution in [-0.4, -0.2) is 39.8 Å². The van der Waals surface area contributed by atoms with Crippen molar-refractivity contribution in [2.24, 2.45) is 5.92 Å². The van der Waals surface area contributed by atoms with Gasteiger partial charge in [-0.2, -0.15) is 0 Å². The van der Waals surface area contributed by atoms with Crippen LogP contribution in [0.2, 0.25) is 0 Å². The minimum absolute atomic E-state index is 0.0119. The number of hydrogen-bond donors (Lipinski definition) is 1. The normalized spacial score (nSPS) is 14.6. The first-order valence-electron chi connectivity index (χ1n) is 9.64. The lowest BCUT2D eigenvalue weighted by Crippen LogP contribution is -2.40. The molecular formula is C22H22N4O2S. The maximum Gasteiger partial charge on any atom is 0.227 e. The highest BCUT2D eigenvalue weighted by atomic mass is 32.1. The number of nitrogens with zero attached hydrogens (tertiary/aromatic N) is 3. The fourth-order valence-electron chi connectivity index (χ4n) is 3.47. The number of benzene rings is 1. The van der Waals surface area contributed by atoms with E-state index in [1.165, 1.54) is 0 Å². The molecule has 3 heterocycles. The van der Waals surface area contributed by atoms with Gasteiger partial charge in [0.05, 0.1) is 11.4 Å². The van der Waals surface area contributed by atoms with Crippen LogP contribution in [0.1, 0.15) is 19.8 Å². The molecule has 0 radical (unpaired) electrons. The number of piperidine rings is 1. The summed E-state index contributed by atoms with van der Waals surface area (Å²) in [6, 6.07) is 13.5. The molecule has 0 bridgehead atoms. The second kappa shape index (κ2) is 8.53. The molecule has 0 saturated carbocycles. The average Bonchev–Trinajstić information content (AvgIpc) is 3.25. The fourth-order valence-corrected chi connectivity index (χ4v) is 4.28. The van der Waals surface area contributed by atoms with Crippen molar-refractivity contribution in [1.29, 1.82) is 0 Å². The molecule has 1 fully saturated rings. The maximum absolute atomic E-state index is 12.6. The van der Waals surface area contributed by atoms with Gasteiger partial charge in [0.1, 0.15) is 5.01 Å². The number of amides is 2. The molecule has 4 rings (SSSR count). The number of rotatable bonds is 4. The van der Waals surface area contributed by atoms with Gasteiger partial charge in [0.15, 0.2) is 0 Å². The first-order valence-corrected chi connectivity index (χ1v) is 10.5. The first kappa shape index (κ1) is 19.3. The van der Waals surface area contributed by atoms with Crippen LogP contribution in [0, 0.1) is 5.92 Å². The molecule has 1 saturated heterocycles. The van der Waals surface area contributed by atoms with E-state index >= 15 is 0 Å². The molecule has 6 nitrogen and oxygen atoms in total. The Hall–Kier alpha value is -3.06. The number of nitrogens with one attached hydrogen (secondary N) is 1. The Bertz CT molecular complexity index is 1010. The summed E-state index contributed by atoms with van der Waals surface area (Å²) >= 11 is 1.55. The predicted octanol–water partition coefficient (Wildman–Crippen LogP) is 4.07. The number of carbonyl (C=O) groups excluding carboxylic acids is 2. The van der Waals surface area contributed by atoms with Gasteiger partial charge >= 0.3 is 0 Å². The van der Waals surface area contributed by atoms with E-state index in [-0.39, 0.29) is 17.7 Å². The number of carbonyl (C=O) groups is 2. The van der Waals surface area contributed by atoms with E-state index in [0.717, 1.165) is 27.6 Å². The summed E-state index contributed by atoms with van der Waals surface area (Å²) in [5, 5.41) is 5.90. The molecule has 0 atom stereocenters. The van der Waals surface area contributed by atoms with Gasteiger partial charge in [0, 0.05) is 48.8 Å². The number of anilines is 1. The van der Waals surface area contributed by atoms with Crippen molar-refractivity contribution in [3.63, 3.8) is 0 Å². The standard InChI is InChI=1S/C22H22N4O2S/c1-15(27)26-11-8-16(9-12-26)21(28)24-18-6-4-5-17(13-18)20-14-29-22(25-20)19-7-2-3-10-23-19/h2-7,10,13-14,16H,8-9,11-12H2,1H3,(H,24,28). The van der Waals surface area contributed by atoms with Gasteiger partial charge in [0.2, 0.25) is 11.8 Å². The smallest absolute Gasteiger partial charge is 0.227 e. The zero-order valence-corrected chi connectivity index (χ0v) is 17.0. The predicted molar refractivity (Wildman–Crippen MR) is 114 cm³/mol. The topological polar surface area (TPSA) is 75.2 Å². The Labute approximate surface area is 173 Å². The number of pyridine rings is 1. The monoisotopic (exact) mass is 406 g/mol. The number of hydrogen-bond acceptors (Lipinski definition) is 5. The van der Waals surface area contributed by atoms with E-state index in [1.54, 1.807) is 29.4 Å². The molecule has 148 valence electrons. The van der Waals surface area contributed by atoms with Crippen LogP contribution in [0.4, 0.5) is 5.69 Å². The zero-order chi connectivity index (χ0) is 20.2. The minimum atomic E-state index is -0.0655. The maximum atomic E-state index is 12.6. The third-order valence-corrected chi connectivity index (χ3v) is 5.99. The summed E-state index contributed by atoms with van der Waals surface area (Å²) in [6.07, 6.45) is 3.16. The highest BCUT2D eigenvalue weighted by Gasteiger charge is 2.26. The molecule has 3 aromatic rings. The molecule has 0 spiro atoms. The van der Waals surface area contributed by atoms with Crippen LogP contribution in [0.5, 0.6) is 0 Å². The fraction of sp³-hybridized carbons (Fsp3) is 0.273. The highest BCUT2D eigenvalue weighted by molar-refractivity contribution is 7.13. The van der Waals surface area contributed by atoms with Crippen molar-refractivity contribution in [3.05, 3.63) is 54.0 Å². The lowest BCUT2D eigenvalue weighted by atomic mass is 9.95. The molecule has 0 unspecified atom stereocenters. The Kier molecular flexibility index (Phi) is 5.67. The molecule has 0 aliphatic carbocycles. The van der Waals surface area contributed by atoms with Crippen LogP contribution >= 0.6 is 11.3 Å². The van der Waals surface area contributed by atoms with E-state index in [0.29, 0.717) is 25.9 Å². The summed E-state index contributed by atoms with van der Waals surface area (Å²) in [6.45, 7) is 2.86. The molecule has 1 aromatic carbocycles. The molecule has 1 aliphatic heterocycles. The Balaban J connectivity index is 1.44. The van der Waals surface area contributed by atoms with Gasteiger partial charge in [-0.05, 0) is 37.1 Å². The highest BCUT2D eigenvalue weighted by Crippen LogP contribution is 2.29. The van der Waals surface area contributed by atoms with E-state index in [1.807, 2.05) is 47.8 Å². The third kappa shape index (κ3) is 4.51. The lowest BCUT2D eigenvalue weighted by Gasteiger charge is -2.30. The summed E-state index contributed by atoms with van der Waals surface area (Å²) in [5.74, 6) is 0.0204. The minimum Gasteiger partial charge on any atom is -0.343 e. The van der Waals surface area contributed by atoms with Crippen LogP contribution < -0.4 is 5.32 Å². The number of aromatic nitrogens is 2. The Morgan fingerprint density at radius 2 is 1.93 bits per heavy atom. The van der Waals surface area contributed by atoms with Crippen LogP contribution in [-0.2, 0) is 9.59 Å². The molecule has 2 amide bonds. The van der Waals surface area contributed by atoms with Crippen molar-refractivity contribution in [3.8, 4) is 22.0 Å². The lowest BCUT2D eigenvalue weighted by molar-refractivity contribution is -0.132. The summed E-state index contributed by atoms with van der Waals surface area (Å²) in [5.41, 5.74) is 3.42. The number of likely N-dealkylation sites (tertiary alicyclic amines) is 1. The Morgan fingerprint density at radius 1 is 1.10 bits per heavy atom. The second-order valence-electron chi connectivity index (χ2n) is 7.10.